The predicted molar refractivity (Wildman–Crippen MR) is 117 cm³/mol. The second-order valence-electron chi connectivity index (χ2n) is 6.93. The average molecular weight is 409 g/mol. The Morgan fingerprint density at radius 3 is 2.10 bits per heavy atom. The van der Waals surface area contributed by atoms with Crippen LogP contribution in [0.5, 0.6) is 23.0 Å². The summed E-state index contributed by atoms with van der Waals surface area (Å²) >= 11 is 0. The lowest BCUT2D eigenvalue weighted by molar-refractivity contribution is -0.122. The van der Waals surface area contributed by atoms with E-state index in [0.29, 0.717) is 23.8 Å². The molecule has 1 amide bonds. The highest BCUT2D eigenvalue weighted by Gasteiger charge is 2.17. The number of amides is 1. The van der Waals surface area contributed by atoms with Gasteiger partial charge in [-0.25, -0.2) is 0 Å². The molecule has 0 radical (unpaired) electrons. The number of rotatable bonds is 8. The van der Waals surface area contributed by atoms with Crippen molar-refractivity contribution in [1.82, 2.24) is 5.32 Å². The Kier molecular flexibility index (Phi) is 6.67. The fourth-order valence-electron chi connectivity index (χ4n) is 3.36. The molecule has 0 spiro atoms. The molecule has 0 aliphatic carbocycles. The summed E-state index contributed by atoms with van der Waals surface area (Å²) in [5.74, 6) is 2.22. The smallest absolute Gasteiger partial charge is 0.227 e. The van der Waals surface area contributed by atoms with Gasteiger partial charge in [-0.2, -0.15) is 0 Å². The summed E-state index contributed by atoms with van der Waals surface area (Å²) in [5, 5.41) is 5.13. The molecule has 0 aliphatic heterocycles. The minimum absolute atomic E-state index is 0.0697. The van der Waals surface area contributed by atoms with Crippen molar-refractivity contribution in [3.8, 4) is 23.0 Å². The van der Waals surface area contributed by atoms with Gasteiger partial charge in [0, 0.05) is 18.2 Å². The van der Waals surface area contributed by atoms with Crippen molar-refractivity contribution < 1.29 is 23.7 Å². The summed E-state index contributed by atoms with van der Waals surface area (Å²) in [6.45, 7) is 2.21. The van der Waals surface area contributed by atoms with Gasteiger partial charge in [0.05, 0.1) is 34.4 Å². The molecule has 0 unspecified atom stereocenters. The molecule has 0 heterocycles. The summed E-state index contributed by atoms with van der Waals surface area (Å²) in [6, 6.07) is 15.5. The van der Waals surface area contributed by atoms with Crippen molar-refractivity contribution in [3.63, 3.8) is 0 Å². The number of carbonyl (C=O) groups is 1. The van der Waals surface area contributed by atoms with Crippen molar-refractivity contribution in [3.05, 3.63) is 59.7 Å². The Morgan fingerprint density at radius 1 is 0.800 bits per heavy atom. The third-order valence-electron chi connectivity index (χ3n) is 5.20. The Balaban J connectivity index is 1.75. The number of hydrogen-bond donors (Lipinski definition) is 1. The van der Waals surface area contributed by atoms with E-state index >= 15 is 0 Å². The number of fused-ring (bicyclic) bond motifs is 1. The van der Waals surface area contributed by atoms with Crippen LogP contribution in [0.1, 0.15) is 24.0 Å². The first-order valence-electron chi connectivity index (χ1n) is 9.65. The molecule has 0 saturated heterocycles. The van der Waals surface area contributed by atoms with Crippen LogP contribution >= 0.6 is 0 Å². The molecule has 0 aliphatic rings. The van der Waals surface area contributed by atoms with Crippen LogP contribution in [0.15, 0.2) is 48.5 Å². The Hall–Kier alpha value is -3.41. The average Bonchev–Trinajstić information content (AvgIpc) is 2.80. The molecular weight excluding hydrogens is 382 g/mol. The second-order valence-corrected chi connectivity index (χ2v) is 6.93. The van der Waals surface area contributed by atoms with E-state index in [-0.39, 0.29) is 11.8 Å². The van der Waals surface area contributed by atoms with Crippen LogP contribution in [0.25, 0.3) is 10.8 Å². The van der Waals surface area contributed by atoms with E-state index < -0.39 is 0 Å². The van der Waals surface area contributed by atoms with E-state index in [2.05, 4.69) is 5.32 Å². The molecule has 6 heteroatoms. The predicted octanol–water partition coefficient (Wildman–Crippen LogP) is 4.29. The molecule has 0 fully saturated rings. The van der Waals surface area contributed by atoms with Crippen molar-refractivity contribution in [2.24, 2.45) is 0 Å². The van der Waals surface area contributed by atoms with Gasteiger partial charge in [-0.15, -0.1) is 0 Å². The molecule has 1 atom stereocenters. The summed E-state index contributed by atoms with van der Waals surface area (Å²) in [7, 11) is 6.37. The van der Waals surface area contributed by atoms with Crippen LogP contribution in [0.4, 0.5) is 0 Å². The molecule has 6 nitrogen and oxygen atoms in total. The lowest BCUT2D eigenvalue weighted by atomic mass is 9.97. The van der Waals surface area contributed by atoms with Gasteiger partial charge in [0.1, 0.15) is 11.5 Å². The van der Waals surface area contributed by atoms with Crippen LogP contribution in [-0.2, 0) is 11.3 Å². The van der Waals surface area contributed by atoms with Crippen LogP contribution in [0.3, 0.4) is 0 Å². The maximum absolute atomic E-state index is 12.8. The van der Waals surface area contributed by atoms with Gasteiger partial charge in [-0.1, -0.05) is 24.3 Å². The van der Waals surface area contributed by atoms with Crippen molar-refractivity contribution in [2.45, 2.75) is 19.4 Å². The molecule has 3 aromatic carbocycles. The van der Waals surface area contributed by atoms with Gasteiger partial charge in [0.25, 0.3) is 0 Å². The molecule has 158 valence electrons. The van der Waals surface area contributed by atoms with E-state index in [1.807, 2.05) is 49.4 Å². The number of hydrogen-bond acceptors (Lipinski definition) is 5. The largest absolute Gasteiger partial charge is 0.497 e. The fourth-order valence-corrected chi connectivity index (χ4v) is 3.36. The monoisotopic (exact) mass is 409 g/mol. The number of methoxy groups -OCH3 is 4. The highest BCUT2D eigenvalue weighted by molar-refractivity contribution is 5.88. The summed E-state index contributed by atoms with van der Waals surface area (Å²) in [6.07, 6.45) is 0. The third kappa shape index (κ3) is 4.43. The van der Waals surface area contributed by atoms with E-state index in [1.165, 1.54) is 0 Å². The number of carbonyl (C=O) groups excluding carboxylic acids is 1. The number of nitrogens with one attached hydrogen (secondary N) is 1. The Morgan fingerprint density at radius 2 is 1.43 bits per heavy atom. The lowest BCUT2D eigenvalue weighted by Gasteiger charge is -2.17. The van der Waals surface area contributed by atoms with E-state index in [0.717, 1.165) is 27.6 Å². The summed E-state index contributed by atoms with van der Waals surface area (Å²) in [4.78, 5) is 12.8. The van der Waals surface area contributed by atoms with Crippen molar-refractivity contribution >= 4 is 16.7 Å². The number of benzene rings is 3. The molecule has 0 bridgehead atoms. The first-order chi connectivity index (χ1) is 14.5. The highest BCUT2D eigenvalue weighted by Crippen LogP contribution is 2.34. The third-order valence-corrected chi connectivity index (χ3v) is 5.20. The number of ether oxygens (including phenoxy) is 4. The van der Waals surface area contributed by atoms with Crippen LogP contribution in [0, 0.1) is 0 Å². The fraction of sp³-hybridized carbons (Fsp3) is 0.292. The minimum atomic E-state index is -0.303. The van der Waals surface area contributed by atoms with E-state index in [9.17, 15) is 4.79 Å². The quantitative estimate of drug-likeness (QED) is 0.601. The van der Waals surface area contributed by atoms with Gasteiger partial charge < -0.3 is 24.3 Å². The van der Waals surface area contributed by atoms with Crippen molar-refractivity contribution in [1.29, 1.82) is 0 Å². The van der Waals surface area contributed by atoms with E-state index in [1.54, 1.807) is 34.5 Å². The zero-order valence-corrected chi connectivity index (χ0v) is 17.9. The van der Waals surface area contributed by atoms with Crippen LogP contribution < -0.4 is 24.3 Å². The Bertz CT molecular complexity index is 1050. The first kappa shape index (κ1) is 21.3. The van der Waals surface area contributed by atoms with Gasteiger partial charge in [-0.05, 0) is 41.5 Å². The van der Waals surface area contributed by atoms with E-state index in [4.69, 9.17) is 18.9 Å². The van der Waals surface area contributed by atoms with Gasteiger partial charge >= 0.3 is 0 Å². The molecule has 3 aromatic rings. The first-order valence-corrected chi connectivity index (χ1v) is 9.65. The van der Waals surface area contributed by atoms with Crippen molar-refractivity contribution in [2.75, 3.05) is 28.4 Å². The molecule has 3 rings (SSSR count). The standard InChI is InChI=1S/C24H27NO5/c1-15(16-6-7-18-11-20(27-2)9-8-17(18)10-16)24(26)25-14-19-12-22(29-4)23(30-5)13-21(19)28-3/h6-13,15H,14H2,1-5H3,(H,25,26)/t15-/m0/s1. The highest BCUT2D eigenvalue weighted by atomic mass is 16.5. The molecule has 0 aromatic heterocycles. The summed E-state index contributed by atoms with van der Waals surface area (Å²) in [5.41, 5.74) is 1.76. The summed E-state index contributed by atoms with van der Waals surface area (Å²) < 4.78 is 21.4. The molecule has 0 saturated carbocycles. The molecule has 1 N–H and O–H groups in total. The topological polar surface area (TPSA) is 66.0 Å². The molecular formula is C24H27NO5. The maximum Gasteiger partial charge on any atom is 0.227 e. The van der Waals surface area contributed by atoms with Gasteiger partial charge in [0.2, 0.25) is 5.91 Å². The maximum atomic E-state index is 12.8. The lowest BCUT2D eigenvalue weighted by Crippen LogP contribution is -2.27. The zero-order valence-electron chi connectivity index (χ0n) is 17.9. The van der Waals surface area contributed by atoms with Crippen LogP contribution in [-0.4, -0.2) is 34.3 Å². The minimum Gasteiger partial charge on any atom is -0.497 e. The second kappa shape index (κ2) is 9.39. The van der Waals surface area contributed by atoms with Gasteiger partial charge in [0.15, 0.2) is 11.5 Å². The molecule has 30 heavy (non-hydrogen) atoms. The Labute approximate surface area is 176 Å². The van der Waals surface area contributed by atoms with Gasteiger partial charge in [-0.3, -0.25) is 4.79 Å². The zero-order chi connectivity index (χ0) is 21.7. The normalized spacial score (nSPS) is 11.6. The van der Waals surface area contributed by atoms with Crippen LogP contribution in [0.2, 0.25) is 0 Å². The SMILES string of the molecule is COc1ccc2cc([C@H](C)C(=O)NCc3cc(OC)c(OC)cc3OC)ccc2c1.